The third-order valence-electron chi connectivity index (χ3n) is 2.57. The van der Waals surface area contributed by atoms with Gasteiger partial charge in [-0.2, -0.15) is 5.10 Å². The first-order valence-corrected chi connectivity index (χ1v) is 5.20. The Bertz CT molecular complexity index is 454. The quantitative estimate of drug-likeness (QED) is 0.812. The van der Waals surface area contributed by atoms with Crippen LogP contribution < -0.4 is 5.73 Å². The molecule has 0 radical (unpaired) electrons. The standard InChI is InChI=1S/C12H15N3O/c1-15-12(13)8-11(14-15)10-4-2-9(3-5-10)6-7-16/h2-5,8,16H,6-7,13H2,1H3. The number of aryl methyl sites for hydroxylation is 1. The Morgan fingerprint density at radius 1 is 1.31 bits per heavy atom. The maximum atomic E-state index is 8.81. The molecule has 4 nitrogen and oxygen atoms in total. The molecule has 0 spiro atoms. The molecule has 0 aliphatic carbocycles. The van der Waals surface area contributed by atoms with Gasteiger partial charge in [-0.15, -0.1) is 0 Å². The minimum atomic E-state index is 0.176. The third kappa shape index (κ3) is 2.06. The minimum absolute atomic E-state index is 0.176. The minimum Gasteiger partial charge on any atom is -0.396 e. The predicted molar refractivity (Wildman–Crippen MR) is 63.8 cm³/mol. The number of benzene rings is 1. The molecule has 0 fully saturated rings. The van der Waals surface area contributed by atoms with Gasteiger partial charge in [0.2, 0.25) is 0 Å². The van der Waals surface area contributed by atoms with Gasteiger partial charge in [-0.1, -0.05) is 24.3 Å². The van der Waals surface area contributed by atoms with Crippen LogP contribution in [0.15, 0.2) is 30.3 Å². The lowest BCUT2D eigenvalue weighted by atomic mass is 10.1. The predicted octanol–water partition coefficient (Wildman–Crippen LogP) is 1.20. The van der Waals surface area contributed by atoms with Crippen molar-refractivity contribution in [1.29, 1.82) is 0 Å². The highest BCUT2D eigenvalue weighted by Gasteiger charge is 2.04. The molecule has 0 saturated carbocycles. The van der Waals surface area contributed by atoms with Crippen molar-refractivity contribution in [3.05, 3.63) is 35.9 Å². The Balaban J connectivity index is 2.27. The number of anilines is 1. The zero-order valence-electron chi connectivity index (χ0n) is 9.22. The fourth-order valence-corrected chi connectivity index (χ4v) is 1.59. The zero-order valence-corrected chi connectivity index (χ0v) is 9.22. The molecule has 0 saturated heterocycles. The van der Waals surface area contributed by atoms with Crippen molar-refractivity contribution in [2.45, 2.75) is 6.42 Å². The average Bonchev–Trinajstić information content (AvgIpc) is 2.61. The summed E-state index contributed by atoms with van der Waals surface area (Å²) in [5.41, 5.74) is 8.75. The largest absolute Gasteiger partial charge is 0.396 e. The molecule has 1 aromatic heterocycles. The van der Waals surface area contributed by atoms with E-state index in [-0.39, 0.29) is 6.61 Å². The van der Waals surface area contributed by atoms with Crippen LogP contribution in [0.2, 0.25) is 0 Å². The van der Waals surface area contributed by atoms with Gasteiger partial charge in [0.15, 0.2) is 0 Å². The van der Waals surface area contributed by atoms with Crippen molar-refractivity contribution >= 4 is 5.82 Å². The summed E-state index contributed by atoms with van der Waals surface area (Å²) in [6.07, 6.45) is 0.685. The van der Waals surface area contributed by atoms with Crippen molar-refractivity contribution < 1.29 is 5.11 Å². The summed E-state index contributed by atoms with van der Waals surface area (Å²) in [5.74, 6) is 0.648. The van der Waals surface area contributed by atoms with Gasteiger partial charge < -0.3 is 10.8 Å². The molecular weight excluding hydrogens is 202 g/mol. The van der Waals surface area contributed by atoms with Crippen LogP contribution in [0.5, 0.6) is 0 Å². The zero-order chi connectivity index (χ0) is 11.5. The molecule has 4 heteroatoms. The molecule has 16 heavy (non-hydrogen) atoms. The maximum Gasteiger partial charge on any atom is 0.121 e. The monoisotopic (exact) mass is 217 g/mol. The second-order valence-electron chi connectivity index (χ2n) is 3.75. The molecular formula is C12H15N3O. The lowest BCUT2D eigenvalue weighted by Crippen LogP contribution is -1.96. The fourth-order valence-electron chi connectivity index (χ4n) is 1.59. The van der Waals surface area contributed by atoms with Crippen LogP contribution in [0.25, 0.3) is 11.3 Å². The van der Waals surface area contributed by atoms with Gasteiger partial charge in [-0.3, -0.25) is 4.68 Å². The number of nitrogens with zero attached hydrogens (tertiary/aromatic N) is 2. The Labute approximate surface area is 94.3 Å². The van der Waals surface area contributed by atoms with Crippen LogP contribution in [-0.2, 0) is 13.5 Å². The molecule has 3 N–H and O–H groups in total. The first-order chi connectivity index (χ1) is 7.70. The first kappa shape index (κ1) is 10.7. The van der Waals surface area contributed by atoms with E-state index >= 15 is 0 Å². The van der Waals surface area contributed by atoms with Crippen molar-refractivity contribution in [2.24, 2.45) is 7.05 Å². The van der Waals surface area contributed by atoms with Crippen LogP contribution in [0.1, 0.15) is 5.56 Å². The second-order valence-corrected chi connectivity index (χ2v) is 3.75. The molecule has 1 heterocycles. The lowest BCUT2D eigenvalue weighted by Gasteiger charge is -2.00. The van der Waals surface area contributed by atoms with Crippen LogP contribution in [0, 0.1) is 0 Å². The molecule has 0 bridgehead atoms. The summed E-state index contributed by atoms with van der Waals surface area (Å²) in [7, 11) is 1.82. The van der Waals surface area contributed by atoms with E-state index in [2.05, 4.69) is 5.10 Å². The van der Waals surface area contributed by atoms with E-state index in [9.17, 15) is 0 Å². The number of hydrogen-bond donors (Lipinski definition) is 2. The van der Waals surface area contributed by atoms with E-state index in [1.54, 1.807) is 4.68 Å². The first-order valence-electron chi connectivity index (χ1n) is 5.20. The van der Waals surface area contributed by atoms with Gasteiger partial charge >= 0.3 is 0 Å². The molecule has 0 aliphatic rings. The number of aliphatic hydroxyl groups excluding tert-OH is 1. The Morgan fingerprint density at radius 3 is 2.50 bits per heavy atom. The van der Waals surface area contributed by atoms with E-state index in [0.717, 1.165) is 16.8 Å². The summed E-state index contributed by atoms with van der Waals surface area (Å²) < 4.78 is 1.65. The molecule has 0 aliphatic heterocycles. The highest BCUT2D eigenvalue weighted by atomic mass is 16.2. The smallest absolute Gasteiger partial charge is 0.121 e. The lowest BCUT2D eigenvalue weighted by molar-refractivity contribution is 0.299. The molecule has 0 atom stereocenters. The SMILES string of the molecule is Cn1nc(-c2ccc(CCO)cc2)cc1N. The van der Waals surface area contributed by atoms with Crippen molar-refractivity contribution in [1.82, 2.24) is 9.78 Å². The van der Waals surface area contributed by atoms with E-state index in [4.69, 9.17) is 10.8 Å². The summed E-state index contributed by atoms with van der Waals surface area (Å²) >= 11 is 0. The van der Waals surface area contributed by atoms with Crippen LogP contribution >= 0.6 is 0 Å². The van der Waals surface area contributed by atoms with E-state index in [0.29, 0.717) is 12.2 Å². The topological polar surface area (TPSA) is 64.1 Å². The third-order valence-corrected chi connectivity index (χ3v) is 2.57. The van der Waals surface area contributed by atoms with Crippen LogP contribution in [0.4, 0.5) is 5.82 Å². The van der Waals surface area contributed by atoms with E-state index in [1.165, 1.54) is 0 Å². The normalized spacial score (nSPS) is 10.6. The number of hydrogen-bond acceptors (Lipinski definition) is 3. The van der Waals surface area contributed by atoms with Gasteiger partial charge in [-0.25, -0.2) is 0 Å². The number of nitrogens with two attached hydrogens (primary N) is 1. The summed E-state index contributed by atoms with van der Waals surface area (Å²) in [5, 5.41) is 13.1. The van der Waals surface area contributed by atoms with Crippen molar-refractivity contribution in [3.63, 3.8) is 0 Å². The van der Waals surface area contributed by atoms with E-state index < -0.39 is 0 Å². The maximum absolute atomic E-state index is 8.81. The fraction of sp³-hybridized carbons (Fsp3) is 0.250. The number of rotatable bonds is 3. The average molecular weight is 217 g/mol. The van der Waals surface area contributed by atoms with E-state index in [1.807, 2.05) is 37.4 Å². The van der Waals surface area contributed by atoms with Crippen molar-refractivity contribution in [2.75, 3.05) is 12.3 Å². The summed E-state index contributed by atoms with van der Waals surface area (Å²) in [4.78, 5) is 0. The number of nitrogen functional groups attached to an aromatic ring is 1. The van der Waals surface area contributed by atoms with Gasteiger partial charge in [0, 0.05) is 25.3 Å². The Kier molecular flexibility index (Phi) is 2.92. The molecule has 2 aromatic rings. The van der Waals surface area contributed by atoms with Gasteiger partial charge in [0.1, 0.15) is 5.82 Å². The van der Waals surface area contributed by atoms with Gasteiger partial charge in [0.25, 0.3) is 0 Å². The molecule has 84 valence electrons. The summed E-state index contributed by atoms with van der Waals surface area (Å²) in [6.45, 7) is 0.176. The van der Waals surface area contributed by atoms with Gasteiger partial charge in [-0.05, 0) is 12.0 Å². The molecule has 1 aromatic carbocycles. The van der Waals surface area contributed by atoms with Crippen LogP contribution in [0.3, 0.4) is 0 Å². The van der Waals surface area contributed by atoms with Crippen LogP contribution in [-0.4, -0.2) is 21.5 Å². The second kappa shape index (κ2) is 4.37. The van der Waals surface area contributed by atoms with Crippen molar-refractivity contribution in [3.8, 4) is 11.3 Å². The highest BCUT2D eigenvalue weighted by molar-refractivity contribution is 5.62. The number of aromatic nitrogens is 2. The Hall–Kier alpha value is -1.81. The highest BCUT2D eigenvalue weighted by Crippen LogP contribution is 2.20. The molecule has 0 unspecified atom stereocenters. The van der Waals surface area contributed by atoms with Gasteiger partial charge in [0.05, 0.1) is 5.69 Å². The number of aliphatic hydroxyl groups is 1. The Morgan fingerprint density at radius 2 is 2.00 bits per heavy atom. The molecule has 2 rings (SSSR count). The summed E-state index contributed by atoms with van der Waals surface area (Å²) in [6, 6.07) is 9.83. The molecule has 0 amide bonds.